The van der Waals surface area contributed by atoms with Crippen LogP contribution in [0.4, 0.5) is 5.00 Å². The van der Waals surface area contributed by atoms with Gasteiger partial charge in [-0.25, -0.2) is 13.2 Å². The summed E-state index contributed by atoms with van der Waals surface area (Å²) in [6.45, 7) is 6.36. The molecule has 13 heteroatoms. The van der Waals surface area contributed by atoms with E-state index < -0.39 is 16.0 Å². The predicted octanol–water partition coefficient (Wildman–Crippen LogP) is 5.81. The molecule has 1 N–H and O–H groups in total. The van der Waals surface area contributed by atoms with E-state index in [1.54, 1.807) is 45.0 Å². The first-order chi connectivity index (χ1) is 21.3. The Balaban J connectivity index is 1.43. The Labute approximate surface area is 265 Å². The fourth-order valence-corrected chi connectivity index (χ4v) is 8.78. The molecule has 1 aliphatic carbocycles. The van der Waals surface area contributed by atoms with Gasteiger partial charge in [0.1, 0.15) is 5.00 Å². The van der Waals surface area contributed by atoms with Crippen molar-refractivity contribution in [2.24, 2.45) is 0 Å². The molecule has 0 radical (unpaired) electrons. The van der Waals surface area contributed by atoms with Crippen LogP contribution in [-0.2, 0) is 32.4 Å². The highest BCUT2D eigenvalue weighted by Crippen LogP contribution is 2.39. The number of esters is 1. The lowest BCUT2D eigenvalue weighted by molar-refractivity contribution is -0.113. The van der Waals surface area contributed by atoms with E-state index in [2.05, 4.69) is 15.5 Å². The number of nitrogens with one attached hydrogen (secondary N) is 1. The number of thiophene rings is 1. The molecule has 0 saturated heterocycles. The van der Waals surface area contributed by atoms with Gasteiger partial charge in [0.25, 0.3) is 0 Å². The maximum atomic E-state index is 13.2. The van der Waals surface area contributed by atoms with Crippen LogP contribution < -0.4 is 5.32 Å². The molecule has 0 spiro atoms. The van der Waals surface area contributed by atoms with Crippen molar-refractivity contribution in [1.82, 2.24) is 19.1 Å². The van der Waals surface area contributed by atoms with Gasteiger partial charge in [0, 0.05) is 29.2 Å². The number of rotatable bonds is 12. The van der Waals surface area contributed by atoms with Gasteiger partial charge < -0.3 is 10.1 Å². The third-order valence-electron chi connectivity index (χ3n) is 7.32. The summed E-state index contributed by atoms with van der Waals surface area (Å²) in [6, 6.07) is 16.1. The zero-order valence-corrected chi connectivity index (χ0v) is 27.4. The van der Waals surface area contributed by atoms with Crippen LogP contribution in [0.1, 0.15) is 54.4 Å². The second kappa shape index (κ2) is 14.1. The number of sulfonamides is 1. The van der Waals surface area contributed by atoms with Crippen molar-refractivity contribution in [2.45, 2.75) is 56.5 Å². The van der Waals surface area contributed by atoms with E-state index in [1.165, 1.54) is 27.4 Å². The molecule has 0 atom stereocenters. The third kappa shape index (κ3) is 6.60. The Bertz CT molecular complexity index is 1750. The standard InChI is InChI=1S/C31H35N5O5S3/c1-4-35(5-2)44(39,40)23-16-12-13-21(19-23)28-33-34-31(36(28)22-14-8-7-9-15-22)42-20-26(37)32-29-27(30(38)41-6-3)24-17-10-11-18-25(24)43-29/h7-9,12-16,19H,4-6,10-11,17-18,20H2,1-3H3,(H,32,37). The number of thioether (sulfide) groups is 1. The van der Waals surface area contributed by atoms with Gasteiger partial charge in [-0.3, -0.25) is 9.36 Å². The predicted molar refractivity (Wildman–Crippen MR) is 173 cm³/mol. The highest BCUT2D eigenvalue weighted by Gasteiger charge is 2.28. The number of amides is 1. The Morgan fingerprint density at radius 2 is 1.77 bits per heavy atom. The summed E-state index contributed by atoms with van der Waals surface area (Å²) in [7, 11) is -3.68. The van der Waals surface area contributed by atoms with E-state index >= 15 is 0 Å². The zero-order chi connectivity index (χ0) is 31.3. The van der Waals surface area contributed by atoms with E-state index in [0.717, 1.165) is 41.8 Å². The van der Waals surface area contributed by atoms with Crippen molar-refractivity contribution in [1.29, 1.82) is 0 Å². The lowest BCUT2D eigenvalue weighted by Gasteiger charge is -2.19. The summed E-state index contributed by atoms with van der Waals surface area (Å²) in [4.78, 5) is 27.3. The first-order valence-corrected chi connectivity index (χ1v) is 17.9. The van der Waals surface area contributed by atoms with E-state index in [4.69, 9.17) is 4.74 Å². The summed E-state index contributed by atoms with van der Waals surface area (Å²) < 4.78 is 35.0. The minimum Gasteiger partial charge on any atom is -0.462 e. The lowest BCUT2D eigenvalue weighted by Crippen LogP contribution is -2.30. The Hall–Kier alpha value is -3.52. The largest absolute Gasteiger partial charge is 0.462 e. The van der Waals surface area contributed by atoms with Crippen LogP contribution in [0, 0.1) is 0 Å². The van der Waals surface area contributed by atoms with Crippen LogP contribution in [0.25, 0.3) is 17.1 Å². The van der Waals surface area contributed by atoms with Crippen LogP contribution in [0.3, 0.4) is 0 Å². The van der Waals surface area contributed by atoms with Gasteiger partial charge in [-0.2, -0.15) is 4.31 Å². The number of benzene rings is 2. The lowest BCUT2D eigenvalue weighted by atomic mass is 9.95. The second-order valence-electron chi connectivity index (χ2n) is 10.1. The fraction of sp³-hybridized carbons (Fsp3) is 0.355. The SMILES string of the molecule is CCOC(=O)c1c(NC(=O)CSc2nnc(-c3cccc(S(=O)(=O)N(CC)CC)c3)n2-c2ccccc2)sc2c1CCCC2. The summed E-state index contributed by atoms with van der Waals surface area (Å²) in [5.41, 5.74) is 2.80. The van der Waals surface area contributed by atoms with Crippen LogP contribution in [0.15, 0.2) is 64.6 Å². The number of carbonyl (C=O) groups excluding carboxylic acids is 2. The highest BCUT2D eigenvalue weighted by molar-refractivity contribution is 7.99. The van der Waals surface area contributed by atoms with E-state index in [1.807, 2.05) is 34.9 Å². The highest BCUT2D eigenvalue weighted by atomic mass is 32.2. The Morgan fingerprint density at radius 3 is 2.50 bits per heavy atom. The molecule has 5 rings (SSSR count). The molecule has 2 aromatic heterocycles. The summed E-state index contributed by atoms with van der Waals surface area (Å²) in [5.74, 6) is -0.220. The molecule has 0 bridgehead atoms. The number of para-hydroxylation sites is 1. The van der Waals surface area contributed by atoms with Crippen LogP contribution >= 0.6 is 23.1 Å². The van der Waals surface area contributed by atoms with Crippen molar-refractivity contribution < 1.29 is 22.7 Å². The molecule has 0 unspecified atom stereocenters. The summed E-state index contributed by atoms with van der Waals surface area (Å²) in [6.07, 6.45) is 3.74. The first-order valence-electron chi connectivity index (χ1n) is 14.6. The normalized spacial score (nSPS) is 13.1. The maximum Gasteiger partial charge on any atom is 0.341 e. The Kier molecular flexibility index (Phi) is 10.2. The molecule has 2 aromatic carbocycles. The Morgan fingerprint density at radius 1 is 1.02 bits per heavy atom. The minimum absolute atomic E-state index is 0.0200. The molecule has 10 nitrogen and oxygen atoms in total. The van der Waals surface area contributed by atoms with Gasteiger partial charge in [-0.15, -0.1) is 21.5 Å². The van der Waals surface area contributed by atoms with Crippen LogP contribution in [0.2, 0.25) is 0 Å². The van der Waals surface area contributed by atoms with Crippen molar-refractivity contribution in [3.05, 3.63) is 70.6 Å². The van der Waals surface area contributed by atoms with Gasteiger partial charge in [0.15, 0.2) is 11.0 Å². The van der Waals surface area contributed by atoms with Crippen molar-refractivity contribution in [2.75, 3.05) is 30.8 Å². The van der Waals surface area contributed by atoms with Gasteiger partial charge in [0.05, 0.1) is 22.8 Å². The average molecular weight is 654 g/mol. The maximum absolute atomic E-state index is 13.2. The summed E-state index contributed by atoms with van der Waals surface area (Å²) >= 11 is 2.65. The molecule has 0 aliphatic heterocycles. The molecular formula is C31H35N5O5S3. The van der Waals surface area contributed by atoms with Gasteiger partial charge >= 0.3 is 5.97 Å². The van der Waals surface area contributed by atoms with Crippen molar-refractivity contribution >= 4 is 50.0 Å². The van der Waals surface area contributed by atoms with Gasteiger partial charge in [-0.05, 0) is 62.4 Å². The average Bonchev–Trinajstić information content (AvgIpc) is 3.62. The monoisotopic (exact) mass is 653 g/mol. The quantitative estimate of drug-likeness (QED) is 0.150. The molecule has 44 heavy (non-hydrogen) atoms. The molecule has 1 aliphatic rings. The number of aryl methyl sites for hydroxylation is 1. The summed E-state index contributed by atoms with van der Waals surface area (Å²) in [5, 5.41) is 12.8. The molecule has 232 valence electrons. The number of nitrogens with zero attached hydrogens (tertiary/aromatic N) is 4. The number of fused-ring (bicyclic) bond motifs is 1. The van der Waals surface area contributed by atoms with Crippen LogP contribution in [0.5, 0.6) is 0 Å². The fourth-order valence-electron chi connectivity index (χ4n) is 5.23. The van der Waals surface area contributed by atoms with E-state index in [-0.39, 0.29) is 23.2 Å². The molecule has 1 amide bonds. The van der Waals surface area contributed by atoms with E-state index in [0.29, 0.717) is 40.2 Å². The third-order valence-corrected chi connectivity index (χ3v) is 11.5. The molecule has 0 saturated carbocycles. The first kappa shape index (κ1) is 31.9. The molecular weight excluding hydrogens is 619 g/mol. The molecule has 0 fully saturated rings. The van der Waals surface area contributed by atoms with E-state index in [9.17, 15) is 18.0 Å². The number of hydrogen-bond donors (Lipinski definition) is 1. The smallest absolute Gasteiger partial charge is 0.341 e. The van der Waals surface area contributed by atoms with Crippen LogP contribution in [-0.4, -0.2) is 64.8 Å². The number of ether oxygens (including phenoxy) is 1. The number of carbonyl (C=O) groups is 2. The number of anilines is 1. The minimum atomic E-state index is -3.68. The number of hydrogen-bond acceptors (Lipinski definition) is 9. The van der Waals surface area contributed by atoms with Crippen molar-refractivity contribution in [3.63, 3.8) is 0 Å². The molecule has 4 aromatic rings. The van der Waals surface area contributed by atoms with Gasteiger partial charge in [-0.1, -0.05) is 55.9 Å². The van der Waals surface area contributed by atoms with Gasteiger partial charge in [0.2, 0.25) is 15.9 Å². The zero-order valence-electron chi connectivity index (χ0n) is 24.9. The molecule has 2 heterocycles. The second-order valence-corrected chi connectivity index (χ2v) is 14.1. The topological polar surface area (TPSA) is 123 Å². The van der Waals surface area contributed by atoms with Crippen molar-refractivity contribution in [3.8, 4) is 17.1 Å². The number of aromatic nitrogens is 3.